The molecule has 0 saturated carbocycles. The van der Waals surface area contributed by atoms with Crippen molar-refractivity contribution in [2.75, 3.05) is 27.2 Å². The first-order valence-electron chi connectivity index (χ1n) is 9.99. The summed E-state index contributed by atoms with van der Waals surface area (Å²) in [6.45, 7) is 2.16. The molecular weight excluding hydrogens is 364 g/mol. The Hall–Kier alpha value is -2.99. The number of benzene rings is 1. The predicted octanol–water partition coefficient (Wildman–Crippen LogP) is 3.59. The summed E-state index contributed by atoms with van der Waals surface area (Å²) < 4.78 is 7.07. The molecule has 6 heteroatoms. The third kappa shape index (κ3) is 4.22. The fourth-order valence-electron chi connectivity index (χ4n) is 3.93. The van der Waals surface area contributed by atoms with Crippen LogP contribution in [0.1, 0.15) is 40.4 Å². The van der Waals surface area contributed by atoms with E-state index in [1.165, 1.54) is 7.11 Å². The molecule has 0 spiro atoms. The van der Waals surface area contributed by atoms with Gasteiger partial charge in [0.15, 0.2) is 0 Å². The number of methoxy groups -OCH3 is 1. The molecule has 0 aliphatic carbocycles. The highest BCUT2D eigenvalue weighted by Gasteiger charge is 2.22. The molecule has 3 heterocycles. The maximum atomic E-state index is 12.2. The van der Waals surface area contributed by atoms with Gasteiger partial charge in [0.05, 0.1) is 24.4 Å². The van der Waals surface area contributed by atoms with Gasteiger partial charge < -0.3 is 9.64 Å². The molecular formula is C23H26N4O2. The third-order valence-corrected chi connectivity index (χ3v) is 5.61. The monoisotopic (exact) mass is 390 g/mol. The van der Waals surface area contributed by atoms with Gasteiger partial charge >= 0.3 is 5.97 Å². The van der Waals surface area contributed by atoms with E-state index in [9.17, 15) is 4.79 Å². The SMILES string of the molecule is COC(=O)c1ccncc1Cc1cn(C2CCN(C)CC2)nc1-c1ccccc1. The minimum Gasteiger partial charge on any atom is -0.465 e. The summed E-state index contributed by atoms with van der Waals surface area (Å²) >= 11 is 0. The van der Waals surface area contributed by atoms with Gasteiger partial charge in [-0.25, -0.2) is 4.79 Å². The molecule has 0 bridgehead atoms. The first-order chi connectivity index (χ1) is 14.2. The van der Waals surface area contributed by atoms with Crippen LogP contribution >= 0.6 is 0 Å². The summed E-state index contributed by atoms with van der Waals surface area (Å²) in [5, 5.41) is 4.98. The topological polar surface area (TPSA) is 60.2 Å². The standard InChI is InChI=1S/C23H26N4O2/c1-26-12-9-20(10-13-26)27-16-19(22(25-27)17-6-4-3-5-7-17)14-18-15-24-11-8-21(18)23(28)29-2/h3-8,11,15-16,20H,9-10,12-14H2,1-2H3. The minimum absolute atomic E-state index is 0.341. The lowest BCUT2D eigenvalue weighted by atomic mass is 9.99. The zero-order valence-corrected chi connectivity index (χ0v) is 16.9. The number of rotatable bonds is 5. The van der Waals surface area contributed by atoms with Gasteiger partial charge in [0.2, 0.25) is 0 Å². The lowest BCUT2D eigenvalue weighted by Gasteiger charge is -2.29. The van der Waals surface area contributed by atoms with Crippen molar-refractivity contribution in [2.45, 2.75) is 25.3 Å². The Morgan fingerprint density at radius 2 is 1.90 bits per heavy atom. The number of carbonyl (C=O) groups is 1. The van der Waals surface area contributed by atoms with Crippen molar-refractivity contribution in [1.29, 1.82) is 0 Å². The van der Waals surface area contributed by atoms with Crippen LogP contribution < -0.4 is 0 Å². The molecule has 0 N–H and O–H groups in total. The zero-order valence-electron chi connectivity index (χ0n) is 16.9. The molecule has 1 aliphatic heterocycles. The van der Waals surface area contributed by atoms with E-state index in [2.05, 4.69) is 39.9 Å². The number of esters is 1. The summed E-state index contributed by atoms with van der Waals surface area (Å²) in [5.74, 6) is -0.341. The fourth-order valence-corrected chi connectivity index (χ4v) is 3.93. The number of aromatic nitrogens is 3. The summed E-state index contributed by atoms with van der Waals surface area (Å²) in [4.78, 5) is 18.8. The van der Waals surface area contributed by atoms with Gasteiger partial charge in [-0.3, -0.25) is 9.67 Å². The highest BCUT2D eigenvalue weighted by Crippen LogP contribution is 2.29. The van der Waals surface area contributed by atoms with Crippen molar-refractivity contribution in [3.05, 3.63) is 71.7 Å². The second kappa shape index (κ2) is 8.57. The van der Waals surface area contributed by atoms with E-state index >= 15 is 0 Å². The van der Waals surface area contributed by atoms with Gasteiger partial charge in [-0.05, 0) is 44.6 Å². The van der Waals surface area contributed by atoms with Crippen LogP contribution in [0.2, 0.25) is 0 Å². The molecule has 150 valence electrons. The summed E-state index contributed by atoms with van der Waals surface area (Å²) in [5.41, 5.74) is 4.53. The fraction of sp³-hybridized carbons (Fsp3) is 0.348. The van der Waals surface area contributed by atoms with E-state index in [4.69, 9.17) is 9.84 Å². The lowest BCUT2D eigenvalue weighted by molar-refractivity contribution is 0.0599. The first-order valence-corrected chi connectivity index (χ1v) is 9.99. The van der Waals surface area contributed by atoms with E-state index in [1.807, 2.05) is 18.2 Å². The van der Waals surface area contributed by atoms with Crippen LogP contribution in [0.5, 0.6) is 0 Å². The van der Waals surface area contributed by atoms with Gasteiger partial charge in [0.25, 0.3) is 0 Å². The molecule has 0 atom stereocenters. The van der Waals surface area contributed by atoms with Crippen LogP contribution in [-0.4, -0.2) is 52.9 Å². The highest BCUT2D eigenvalue weighted by atomic mass is 16.5. The molecule has 2 aromatic heterocycles. The largest absolute Gasteiger partial charge is 0.465 e. The van der Waals surface area contributed by atoms with Crippen LogP contribution in [0.15, 0.2) is 55.0 Å². The molecule has 29 heavy (non-hydrogen) atoms. The second-order valence-corrected chi connectivity index (χ2v) is 7.58. The quantitative estimate of drug-likeness (QED) is 0.623. The molecule has 0 unspecified atom stereocenters. The van der Waals surface area contributed by atoms with Gasteiger partial charge in [-0.1, -0.05) is 30.3 Å². The van der Waals surface area contributed by atoms with Crippen molar-refractivity contribution in [3.63, 3.8) is 0 Å². The van der Waals surface area contributed by atoms with Gasteiger partial charge in [0, 0.05) is 36.1 Å². The van der Waals surface area contributed by atoms with Crippen LogP contribution in [0, 0.1) is 0 Å². The number of piperidine rings is 1. The molecule has 1 fully saturated rings. The Kier molecular flexibility index (Phi) is 5.71. The maximum Gasteiger partial charge on any atom is 0.338 e. The third-order valence-electron chi connectivity index (χ3n) is 5.61. The van der Waals surface area contributed by atoms with E-state index < -0.39 is 0 Å². The predicted molar refractivity (Wildman–Crippen MR) is 112 cm³/mol. The van der Waals surface area contributed by atoms with E-state index in [0.29, 0.717) is 18.0 Å². The number of likely N-dealkylation sites (tertiary alicyclic amines) is 1. The number of hydrogen-bond donors (Lipinski definition) is 0. The van der Waals surface area contributed by atoms with Crippen molar-refractivity contribution in [3.8, 4) is 11.3 Å². The van der Waals surface area contributed by atoms with E-state index in [0.717, 1.165) is 48.3 Å². The lowest BCUT2D eigenvalue weighted by Crippen LogP contribution is -2.31. The number of hydrogen-bond acceptors (Lipinski definition) is 5. The van der Waals surface area contributed by atoms with Crippen molar-refractivity contribution < 1.29 is 9.53 Å². The number of carbonyl (C=O) groups excluding carboxylic acids is 1. The van der Waals surface area contributed by atoms with Crippen LogP contribution in [0.3, 0.4) is 0 Å². The normalized spacial score (nSPS) is 15.4. The smallest absolute Gasteiger partial charge is 0.338 e. The Labute approximate surface area is 171 Å². The van der Waals surface area contributed by atoms with Crippen LogP contribution in [0.25, 0.3) is 11.3 Å². The molecule has 0 radical (unpaired) electrons. The van der Waals surface area contributed by atoms with E-state index in [-0.39, 0.29) is 5.97 Å². The molecule has 1 saturated heterocycles. The van der Waals surface area contributed by atoms with Gasteiger partial charge in [0.1, 0.15) is 0 Å². The number of ether oxygens (including phenoxy) is 1. The number of pyridine rings is 1. The highest BCUT2D eigenvalue weighted by molar-refractivity contribution is 5.91. The van der Waals surface area contributed by atoms with E-state index in [1.54, 1.807) is 18.5 Å². The average molecular weight is 390 g/mol. The Morgan fingerprint density at radius 1 is 1.14 bits per heavy atom. The summed E-state index contributed by atoms with van der Waals surface area (Å²) in [6, 6.07) is 12.3. The van der Waals surface area contributed by atoms with Crippen molar-refractivity contribution >= 4 is 5.97 Å². The molecule has 4 rings (SSSR count). The van der Waals surface area contributed by atoms with Crippen LogP contribution in [0.4, 0.5) is 0 Å². The molecule has 0 amide bonds. The zero-order chi connectivity index (χ0) is 20.2. The minimum atomic E-state index is -0.341. The molecule has 6 nitrogen and oxygen atoms in total. The van der Waals surface area contributed by atoms with Gasteiger partial charge in [-0.2, -0.15) is 5.10 Å². The second-order valence-electron chi connectivity index (χ2n) is 7.58. The molecule has 3 aromatic rings. The summed E-state index contributed by atoms with van der Waals surface area (Å²) in [6.07, 6.45) is 8.27. The summed E-state index contributed by atoms with van der Waals surface area (Å²) in [7, 11) is 3.57. The van der Waals surface area contributed by atoms with Crippen LogP contribution in [-0.2, 0) is 11.2 Å². The Balaban J connectivity index is 1.71. The Bertz CT molecular complexity index is 976. The van der Waals surface area contributed by atoms with Crippen molar-refractivity contribution in [2.24, 2.45) is 0 Å². The Morgan fingerprint density at radius 3 is 2.62 bits per heavy atom. The number of nitrogens with zero attached hydrogens (tertiary/aromatic N) is 4. The van der Waals surface area contributed by atoms with Crippen molar-refractivity contribution in [1.82, 2.24) is 19.7 Å². The first kappa shape index (κ1) is 19.3. The maximum absolute atomic E-state index is 12.2. The molecule has 1 aliphatic rings. The molecule has 1 aromatic carbocycles. The van der Waals surface area contributed by atoms with Gasteiger partial charge in [-0.15, -0.1) is 0 Å². The average Bonchev–Trinajstić information content (AvgIpc) is 3.18.